The minimum atomic E-state index is 0.0649. The lowest BCUT2D eigenvalue weighted by atomic mass is 10.2. The van der Waals surface area contributed by atoms with Crippen molar-refractivity contribution in [1.82, 2.24) is 4.98 Å². The van der Waals surface area contributed by atoms with Crippen molar-refractivity contribution in [3.63, 3.8) is 0 Å². The number of aliphatic hydroxyl groups is 1. The maximum atomic E-state index is 8.56. The number of aliphatic hydroxyl groups excluding tert-OH is 1. The smallest absolute Gasteiger partial charge is 0.183 e. The molecule has 0 fully saturated rings. The third kappa shape index (κ3) is 3.80. The standard InChI is InChI=1S/C13H16N2O2S/c16-7-9-17-8-6-14-13-15-10-12(18-13)11-4-2-1-3-5-11/h1-5,10,16H,6-9H2,(H,14,15). The van der Waals surface area contributed by atoms with Crippen LogP contribution in [0.25, 0.3) is 10.4 Å². The number of nitrogens with one attached hydrogen (secondary N) is 1. The Morgan fingerprint density at radius 1 is 1.22 bits per heavy atom. The van der Waals surface area contributed by atoms with Gasteiger partial charge in [0, 0.05) is 12.7 Å². The molecule has 0 aliphatic rings. The van der Waals surface area contributed by atoms with Crippen LogP contribution in [0.5, 0.6) is 0 Å². The minimum Gasteiger partial charge on any atom is -0.394 e. The van der Waals surface area contributed by atoms with E-state index >= 15 is 0 Å². The summed E-state index contributed by atoms with van der Waals surface area (Å²) in [7, 11) is 0. The van der Waals surface area contributed by atoms with Crippen molar-refractivity contribution in [3.8, 4) is 10.4 Å². The molecule has 0 radical (unpaired) electrons. The van der Waals surface area contributed by atoms with Crippen LogP contribution in [0.2, 0.25) is 0 Å². The number of benzene rings is 1. The summed E-state index contributed by atoms with van der Waals surface area (Å²) in [4.78, 5) is 5.46. The van der Waals surface area contributed by atoms with Crippen molar-refractivity contribution < 1.29 is 9.84 Å². The Balaban J connectivity index is 1.83. The number of thiazole rings is 1. The first-order chi connectivity index (χ1) is 8.90. The van der Waals surface area contributed by atoms with E-state index in [2.05, 4.69) is 22.4 Å². The van der Waals surface area contributed by atoms with E-state index in [0.717, 1.165) is 10.0 Å². The molecule has 1 aromatic carbocycles. The Labute approximate surface area is 110 Å². The zero-order chi connectivity index (χ0) is 12.6. The van der Waals surface area contributed by atoms with E-state index in [9.17, 15) is 0 Å². The molecule has 0 aliphatic carbocycles. The zero-order valence-electron chi connectivity index (χ0n) is 10.0. The number of rotatable bonds is 7. The average molecular weight is 264 g/mol. The minimum absolute atomic E-state index is 0.0649. The van der Waals surface area contributed by atoms with Crippen molar-refractivity contribution in [3.05, 3.63) is 36.5 Å². The monoisotopic (exact) mass is 264 g/mol. The maximum Gasteiger partial charge on any atom is 0.183 e. The molecule has 96 valence electrons. The molecular formula is C13H16N2O2S. The molecule has 18 heavy (non-hydrogen) atoms. The van der Waals surface area contributed by atoms with Gasteiger partial charge in [-0.3, -0.25) is 0 Å². The van der Waals surface area contributed by atoms with Gasteiger partial charge >= 0.3 is 0 Å². The van der Waals surface area contributed by atoms with E-state index in [1.54, 1.807) is 11.3 Å². The van der Waals surface area contributed by atoms with Gasteiger partial charge in [-0.1, -0.05) is 41.7 Å². The lowest BCUT2D eigenvalue weighted by Gasteiger charge is -2.02. The van der Waals surface area contributed by atoms with Gasteiger partial charge in [0.05, 0.1) is 24.7 Å². The third-order valence-corrected chi connectivity index (χ3v) is 3.33. The highest BCUT2D eigenvalue weighted by Gasteiger charge is 2.03. The van der Waals surface area contributed by atoms with Gasteiger partial charge in [0.25, 0.3) is 0 Å². The van der Waals surface area contributed by atoms with Crippen LogP contribution in [0, 0.1) is 0 Å². The number of hydrogen-bond donors (Lipinski definition) is 2. The van der Waals surface area contributed by atoms with Crippen LogP contribution in [0.4, 0.5) is 5.13 Å². The summed E-state index contributed by atoms with van der Waals surface area (Å²) >= 11 is 1.62. The molecule has 0 saturated carbocycles. The number of hydrogen-bond acceptors (Lipinski definition) is 5. The number of nitrogens with zero attached hydrogens (tertiary/aromatic N) is 1. The second kappa shape index (κ2) is 7.10. The Morgan fingerprint density at radius 2 is 2.06 bits per heavy atom. The van der Waals surface area contributed by atoms with Crippen LogP contribution in [-0.4, -0.2) is 36.5 Å². The van der Waals surface area contributed by atoms with Crippen molar-refractivity contribution in [2.45, 2.75) is 0 Å². The van der Waals surface area contributed by atoms with Crippen molar-refractivity contribution in [2.75, 3.05) is 31.7 Å². The van der Waals surface area contributed by atoms with Gasteiger partial charge < -0.3 is 15.2 Å². The van der Waals surface area contributed by atoms with Gasteiger partial charge in [0.1, 0.15) is 0 Å². The van der Waals surface area contributed by atoms with Crippen molar-refractivity contribution >= 4 is 16.5 Å². The van der Waals surface area contributed by atoms with Crippen LogP contribution in [0.3, 0.4) is 0 Å². The molecule has 0 amide bonds. The van der Waals surface area contributed by atoms with E-state index < -0.39 is 0 Å². The van der Waals surface area contributed by atoms with E-state index in [4.69, 9.17) is 9.84 Å². The summed E-state index contributed by atoms with van der Waals surface area (Å²) in [5, 5.41) is 12.6. The third-order valence-electron chi connectivity index (χ3n) is 2.32. The van der Waals surface area contributed by atoms with Crippen molar-refractivity contribution in [2.24, 2.45) is 0 Å². The Kier molecular flexibility index (Phi) is 5.14. The molecule has 2 N–H and O–H groups in total. The van der Waals surface area contributed by atoms with E-state index in [1.165, 1.54) is 5.56 Å². The Hall–Kier alpha value is -1.43. The van der Waals surface area contributed by atoms with Gasteiger partial charge in [-0.05, 0) is 5.56 Å². The SMILES string of the molecule is OCCOCCNc1ncc(-c2ccccc2)s1. The average Bonchev–Trinajstić information content (AvgIpc) is 2.88. The summed E-state index contributed by atoms with van der Waals surface area (Å²) in [5.41, 5.74) is 1.18. The first kappa shape index (κ1) is 13.0. The van der Waals surface area contributed by atoms with Gasteiger partial charge in [-0.25, -0.2) is 4.98 Å². The molecule has 2 aromatic rings. The van der Waals surface area contributed by atoms with Gasteiger partial charge in [-0.15, -0.1) is 0 Å². The van der Waals surface area contributed by atoms with E-state index in [0.29, 0.717) is 19.8 Å². The summed E-state index contributed by atoms with van der Waals surface area (Å²) in [6.07, 6.45) is 1.87. The Bertz CT molecular complexity index is 459. The first-order valence-corrected chi connectivity index (χ1v) is 6.65. The number of aromatic nitrogens is 1. The summed E-state index contributed by atoms with van der Waals surface area (Å²) in [6, 6.07) is 10.2. The molecule has 0 bridgehead atoms. The van der Waals surface area contributed by atoms with Crippen LogP contribution in [0.15, 0.2) is 36.5 Å². The van der Waals surface area contributed by atoms with Crippen LogP contribution < -0.4 is 5.32 Å². The highest BCUT2D eigenvalue weighted by molar-refractivity contribution is 7.18. The molecule has 1 heterocycles. The quantitative estimate of drug-likeness (QED) is 0.753. The van der Waals surface area contributed by atoms with E-state index in [1.807, 2.05) is 24.4 Å². The largest absolute Gasteiger partial charge is 0.394 e. The fraction of sp³-hybridized carbons (Fsp3) is 0.308. The van der Waals surface area contributed by atoms with Gasteiger partial charge in [0.15, 0.2) is 5.13 Å². The fourth-order valence-corrected chi connectivity index (χ4v) is 2.34. The lowest BCUT2D eigenvalue weighted by molar-refractivity contribution is 0.0992. The predicted molar refractivity (Wildman–Crippen MR) is 73.9 cm³/mol. The fourth-order valence-electron chi connectivity index (χ4n) is 1.49. The molecule has 1 aromatic heterocycles. The molecular weight excluding hydrogens is 248 g/mol. The maximum absolute atomic E-state index is 8.56. The van der Waals surface area contributed by atoms with Crippen LogP contribution >= 0.6 is 11.3 Å². The predicted octanol–water partition coefficient (Wildman–Crippen LogP) is 2.23. The normalized spacial score (nSPS) is 10.5. The number of anilines is 1. The summed E-state index contributed by atoms with van der Waals surface area (Å²) in [6.45, 7) is 1.72. The first-order valence-electron chi connectivity index (χ1n) is 5.84. The molecule has 0 saturated heterocycles. The topological polar surface area (TPSA) is 54.4 Å². The van der Waals surface area contributed by atoms with Crippen LogP contribution in [0.1, 0.15) is 0 Å². The molecule has 5 heteroatoms. The molecule has 0 spiro atoms. The lowest BCUT2D eigenvalue weighted by Crippen LogP contribution is -2.10. The number of ether oxygens (including phenoxy) is 1. The molecule has 4 nitrogen and oxygen atoms in total. The van der Waals surface area contributed by atoms with Gasteiger partial charge in [0.2, 0.25) is 0 Å². The van der Waals surface area contributed by atoms with Crippen molar-refractivity contribution in [1.29, 1.82) is 0 Å². The molecule has 2 rings (SSSR count). The molecule has 0 atom stereocenters. The second-order valence-electron chi connectivity index (χ2n) is 3.66. The molecule has 0 unspecified atom stereocenters. The second-order valence-corrected chi connectivity index (χ2v) is 4.69. The summed E-state index contributed by atoms with van der Waals surface area (Å²) in [5.74, 6) is 0. The summed E-state index contributed by atoms with van der Waals surface area (Å²) < 4.78 is 5.16. The zero-order valence-corrected chi connectivity index (χ0v) is 10.8. The Morgan fingerprint density at radius 3 is 2.83 bits per heavy atom. The highest BCUT2D eigenvalue weighted by Crippen LogP contribution is 2.28. The van der Waals surface area contributed by atoms with Crippen LogP contribution in [-0.2, 0) is 4.74 Å². The van der Waals surface area contributed by atoms with Gasteiger partial charge in [-0.2, -0.15) is 0 Å². The van der Waals surface area contributed by atoms with E-state index in [-0.39, 0.29) is 6.61 Å². The molecule has 0 aliphatic heterocycles. The highest BCUT2D eigenvalue weighted by atomic mass is 32.1.